The standard InChI is InChI=1S/C23H25N3O5/c1-14-11-19(25-8-4-5-9-25)15(2)10-16(14)12-18-21(27)26(23(29)24-18)13-17-6-7-20(31-17)22(28)30-3/h6-7,10-12H,4-5,8-9,13H2,1-3H3,(H,24,29). The van der Waals surface area contributed by atoms with Crippen molar-refractivity contribution in [2.24, 2.45) is 0 Å². The predicted octanol–water partition coefficient (Wildman–Crippen LogP) is 3.38. The monoisotopic (exact) mass is 423 g/mol. The predicted molar refractivity (Wildman–Crippen MR) is 114 cm³/mol. The molecule has 2 aliphatic rings. The number of benzene rings is 1. The fourth-order valence-corrected chi connectivity index (χ4v) is 3.98. The van der Waals surface area contributed by atoms with Gasteiger partial charge < -0.3 is 19.4 Å². The molecule has 2 saturated heterocycles. The van der Waals surface area contributed by atoms with Crippen molar-refractivity contribution in [1.82, 2.24) is 10.2 Å². The highest BCUT2D eigenvalue weighted by Crippen LogP contribution is 2.29. The Morgan fingerprint density at radius 1 is 1.16 bits per heavy atom. The van der Waals surface area contributed by atoms with Gasteiger partial charge in [0, 0.05) is 18.8 Å². The second-order valence-electron chi connectivity index (χ2n) is 7.83. The van der Waals surface area contributed by atoms with E-state index in [1.807, 2.05) is 13.0 Å². The van der Waals surface area contributed by atoms with E-state index in [-0.39, 0.29) is 18.0 Å². The third kappa shape index (κ3) is 4.05. The molecule has 2 fully saturated rings. The minimum atomic E-state index is -0.618. The Hall–Kier alpha value is -3.55. The molecule has 8 nitrogen and oxygen atoms in total. The lowest BCUT2D eigenvalue weighted by atomic mass is 10.0. The quantitative estimate of drug-likeness (QED) is 0.450. The molecule has 3 heterocycles. The second-order valence-corrected chi connectivity index (χ2v) is 7.83. The van der Waals surface area contributed by atoms with Gasteiger partial charge in [0.2, 0.25) is 5.76 Å². The molecule has 4 rings (SSSR count). The molecule has 0 spiro atoms. The Labute approximate surface area is 180 Å². The molecule has 0 saturated carbocycles. The average Bonchev–Trinajstić information content (AvgIpc) is 3.49. The summed E-state index contributed by atoms with van der Waals surface area (Å²) in [5.41, 5.74) is 4.49. The third-order valence-electron chi connectivity index (χ3n) is 5.66. The molecule has 162 valence electrons. The van der Waals surface area contributed by atoms with E-state index < -0.39 is 17.9 Å². The highest BCUT2D eigenvalue weighted by molar-refractivity contribution is 6.14. The number of methoxy groups -OCH3 is 1. The van der Waals surface area contributed by atoms with Gasteiger partial charge in [-0.2, -0.15) is 0 Å². The van der Waals surface area contributed by atoms with Crippen LogP contribution in [0.3, 0.4) is 0 Å². The summed E-state index contributed by atoms with van der Waals surface area (Å²) in [6.45, 7) is 6.11. The Kier molecular flexibility index (Phi) is 5.54. The first-order valence-electron chi connectivity index (χ1n) is 10.2. The number of aryl methyl sites for hydroxylation is 2. The molecule has 0 bridgehead atoms. The summed E-state index contributed by atoms with van der Waals surface area (Å²) in [5.74, 6) is -0.731. The number of hydrogen-bond donors (Lipinski definition) is 1. The summed E-state index contributed by atoms with van der Waals surface area (Å²) in [6, 6.07) is 6.65. The Balaban J connectivity index is 1.53. The van der Waals surface area contributed by atoms with Crippen LogP contribution in [-0.4, -0.2) is 43.0 Å². The van der Waals surface area contributed by atoms with Crippen LogP contribution in [0.2, 0.25) is 0 Å². The number of furan rings is 1. The molecule has 1 N–H and O–H groups in total. The molecule has 3 amide bonds. The molecule has 31 heavy (non-hydrogen) atoms. The lowest BCUT2D eigenvalue weighted by molar-refractivity contribution is -0.123. The number of anilines is 1. The minimum Gasteiger partial charge on any atom is -0.463 e. The van der Waals surface area contributed by atoms with Crippen LogP contribution >= 0.6 is 0 Å². The van der Waals surface area contributed by atoms with Crippen LogP contribution in [0.25, 0.3) is 6.08 Å². The van der Waals surface area contributed by atoms with Crippen molar-refractivity contribution in [1.29, 1.82) is 0 Å². The lowest BCUT2D eigenvalue weighted by Gasteiger charge is -2.21. The van der Waals surface area contributed by atoms with Crippen LogP contribution < -0.4 is 10.2 Å². The molecule has 1 aromatic carbocycles. The number of nitrogens with one attached hydrogen (secondary N) is 1. The minimum absolute atomic E-state index is 0.0181. The van der Waals surface area contributed by atoms with Gasteiger partial charge in [0.1, 0.15) is 11.5 Å². The maximum Gasteiger partial charge on any atom is 0.373 e. The van der Waals surface area contributed by atoms with E-state index in [1.165, 1.54) is 31.7 Å². The molecule has 0 aliphatic carbocycles. The largest absolute Gasteiger partial charge is 0.463 e. The SMILES string of the molecule is COC(=O)c1ccc(CN2C(=O)NC(=Cc3cc(C)c(N4CCCC4)cc3C)C2=O)o1. The normalized spacial score (nSPS) is 17.6. The molecule has 8 heteroatoms. The highest BCUT2D eigenvalue weighted by Gasteiger charge is 2.34. The summed E-state index contributed by atoms with van der Waals surface area (Å²) in [6.07, 6.45) is 4.12. The van der Waals surface area contributed by atoms with E-state index in [0.29, 0.717) is 5.76 Å². The number of carbonyl (C=O) groups excluding carboxylic acids is 3. The van der Waals surface area contributed by atoms with Crippen molar-refractivity contribution in [3.63, 3.8) is 0 Å². The summed E-state index contributed by atoms with van der Waals surface area (Å²) in [7, 11) is 1.25. The third-order valence-corrected chi connectivity index (χ3v) is 5.66. The van der Waals surface area contributed by atoms with Gasteiger partial charge in [0.05, 0.1) is 13.7 Å². The van der Waals surface area contributed by atoms with Crippen molar-refractivity contribution < 1.29 is 23.5 Å². The fraction of sp³-hybridized carbons (Fsp3) is 0.348. The van der Waals surface area contributed by atoms with Crippen LogP contribution in [0.4, 0.5) is 10.5 Å². The zero-order chi connectivity index (χ0) is 22.1. The molecule has 2 aromatic rings. The van der Waals surface area contributed by atoms with Crippen molar-refractivity contribution in [3.05, 3.63) is 58.2 Å². The first-order chi connectivity index (χ1) is 14.9. The first kappa shape index (κ1) is 20.7. The summed E-state index contributed by atoms with van der Waals surface area (Å²) in [4.78, 5) is 40.2. The van der Waals surface area contributed by atoms with Gasteiger partial charge in [-0.3, -0.25) is 9.69 Å². The number of amides is 3. The van der Waals surface area contributed by atoms with Gasteiger partial charge >= 0.3 is 12.0 Å². The number of nitrogens with zero attached hydrogens (tertiary/aromatic N) is 2. The van der Waals surface area contributed by atoms with E-state index in [1.54, 1.807) is 12.1 Å². The Morgan fingerprint density at radius 2 is 1.90 bits per heavy atom. The van der Waals surface area contributed by atoms with Gasteiger partial charge in [-0.05, 0) is 73.7 Å². The number of urea groups is 1. The molecule has 0 radical (unpaired) electrons. The van der Waals surface area contributed by atoms with E-state index in [9.17, 15) is 14.4 Å². The number of carbonyl (C=O) groups is 3. The molecule has 1 aromatic heterocycles. The van der Waals surface area contributed by atoms with Crippen molar-refractivity contribution in [2.45, 2.75) is 33.2 Å². The number of esters is 1. The van der Waals surface area contributed by atoms with E-state index in [4.69, 9.17) is 4.42 Å². The first-order valence-corrected chi connectivity index (χ1v) is 10.2. The number of rotatable bonds is 5. The maximum atomic E-state index is 12.8. The molecule has 0 atom stereocenters. The van der Waals surface area contributed by atoms with Crippen LogP contribution in [-0.2, 0) is 16.1 Å². The number of imide groups is 1. The summed E-state index contributed by atoms with van der Waals surface area (Å²) in [5, 5.41) is 2.63. The van der Waals surface area contributed by atoms with Crippen LogP contribution in [0.1, 0.15) is 45.8 Å². The van der Waals surface area contributed by atoms with Crippen molar-refractivity contribution in [2.75, 3.05) is 25.1 Å². The maximum absolute atomic E-state index is 12.8. The van der Waals surface area contributed by atoms with Crippen LogP contribution in [0, 0.1) is 13.8 Å². The van der Waals surface area contributed by atoms with Gasteiger partial charge in [-0.25, -0.2) is 9.59 Å². The topological polar surface area (TPSA) is 92.1 Å². The summed E-state index contributed by atoms with van der Waals surface area (Å²) >= 11 is 0. The zero-order valence-electron chi connectivity index (χ0n) is 17.9. The highest BCUT2D eigenvalue weighted by atomic mass is 16.5. The number of hydrogen-bond acceptors (Lipinski definition) is 6. The van der Waals surface area contributed by atoms with Crippen LogP contribution in [0.15, 0.2) is 34.4 Å². The zero-order valence-corrected chi connectivity index (χ0v) is 17.9. The van der Waals surface area contributed by atoms with Gasteiger partial charge in [-0.1, -0.05) is 0 Å². The lowest BCUT2D eigenvalue weighted by Crippen LogP contribution is -2.30. The van der Waals surface area contributed by atoms with Gasteiger partial charge in [0.25, 0.3) is 5.91 Å². The van der Waals surface area contributed by atoms with E-state index in [0.717, 1.165) is 34.7 Å². The molecular formula is C23H25N3O5. The Bertz CT molecular complexity index is 1080. The van der Waals surface area contributed by atoms with E-state index in [2.05, 4.69) is 27.9 Å². The Morgan fingerprint density at radius 3 is 2.61 bits per heavy atom. The molecule has 0 unspecified atom stereocenters. The van der Waals surface area contributed by atoms with Gasteiger partial charge in [0.15, 0.2) is 0 Å². The smallest absolute Gasteiger partial charge is 0.373 e. The van der Waals surface area contributed by atoms with Crippen molar-refractivity contribution in [3.8, 4) is 0 Å². The average molecular weight is 423 g/mol. The van der Waals surface area contributed by atoms with Crippen LogP contribution in [0.5, 0.6) is 0 Å². The molecular weight excluding hydrogens is 398 g/mol. The van der Waals surface area contributed by atoms with E-state index >= 15 is 0 Å². The molecule has 2 aliphatic heterocycles. The number of ether oxygens (including phenoxy) is 1. The fourth-order valence-electron chi connectivity index (χ4n) is 3.98. The van der Waals surface area contributed by atoms with Crippen molar-refractivity contribution >= 4 is 29.7 Å². The van der Waals surface area contributed by atoms with Gasteiger partial charge in [-0.15, -0.1) is 0 Å². The summed E-state index contributed by atoms with van der Waals surface area (Å²) < 4.78 is 9.97. The second kappa shape index (κ2) is 8.29.